The first-order valence-corrected chi connectivity index (χ1v) is 10.4. The molecule has 3 amide bonds. The molecular formula is C20H19BrN2O3S. The zero-order valence-electron chi connectivity index (χ0n) is 14.8. The summed E-state index contributed by atoms with van der Waals surface area (Å²) in [5.41, 5.74) is 2.39. The number of hydrogen-bond donors (Lipinski definition) is 1. The van der Waals surface area contributed by atoms with Gasteiger partial charge in [-0.1, -0.05) is 39.7 Å². The molecule has 0 aliphatic carbocycles. The summed E-state index contributed by atoms with van der Waals surface area (Å²) >= 11 is 4.72. The summed E-state index contributed by atoms with van der Waals surface area (Å²) < 4.78 is 0.890. The number of nitrogens with zero attached hydrogens (tertiary/aromatic N) is 1. The second-order valence-electron chi connectivity index (χ2n) is 6.28. The van der Waals surface area contributed by atoms with E-state index >= 15 is 0 Å². The summed E-state index contributed by atoms with van der Waals surface area (Å²) in [5.74, 6) is -0.0420. The third-order valence-electron chi connectivity index (χ3n) is 4.15. The first kappa shape index (κ1) is 19.6. The van der Waals surface area contributed by atoms with Gasteiger partial charge in [-0.15, -0.1) is 11.8 Å². The number of imide groups is 1. The SMILES string of the molecule is Cc1ccc(N2C(=O)C[C@H](SCCC(=O)Nc3cccc(Br)c3)C2=O)cc1. The fourth-order valence-electron chi connectivity index (χ4n) is 2.78. The van der Waals surface area contributed by atoms with E-state index in [1.807, 2.05) is 43.3 Å². The molecule has 0 radical (unpaired) electrons. The summed E-state index contributed by atoms with van der Waals surface area (Å²) in [6, 6.07) is 14.7. The fraction of sp³-hybridized carbons (Fsp3) is 0.250. The lowest BCUT2D eigenvalue weighted by atomic mass is 10.2. The Morgan fingerprint density at radius 1 is 1.22 bits per heavy atom. The lowest BCUT2D eigenvalue weighted by molar-refractivity contribution is -0.121. The minimum atomic E-state index is -0.433. The summed E-state index contributed by atoms with van der Waals surface area (Å²) in [6.07, 6.45) is 0.449. The maximum absolute atomic E-state index is 12.6. The second-order valence-corrected chi connectivity index (χ2v) is 8.50. The molecule has 1 atom stereocenters. The summed E-state index contributed by atoms with van der Waals surface area (Å²) in [7, 11) is 0. The van der Waals surface area contributed by atoms with E-state index in [9.17, 15) is 14.4 Å². The van der Waals surface area contributed by atoms with Crippen LogP contribution < -0.4 is 10.2 Å². The van der Waals surface area contributed by atoms with Gasteiger partial charge in [-0.05, 0) is 37.3 Å². The van der Waals surface area contributed by atoms with Gasteiger partial charge in [0.1, 0.15) is 0 Å². The highest BCUT2D eigenvalue weighted by Crippen LogP contribution is 2.30. The number of rotatable bonds is 6. The van der Waals surface area contributed by atoms with Crippen LogP contribution in [0.1, 0.15) is 18.4 Å². The van der Waals surface area contributed by atoms with Crippen LogP contribution in [0.2, 0.25) is 0 Å². The fourth-order valence-corrected chi connectivity index (χ4v) is 4.28. The van der Waals surface area contributed by atoms with Gasteiger partial charge in [-0.2, -0.15) is 0 Å². The topological polar surface area (TPSA) is 66.5 Å². The van der Waals surface area contributed by atoms with E-state index < -0.39 is 5.25 Å². The molecule has 7 heteroatoms. The number of benzene rings is 2. The van der Waals surface area contributed by atoms with E-state index in [0.717, 1.165) is 15.7 Å². The van der Waals surface area contributed by atoms with Gasteiger partial charge in [0.2, 0.25) is 17.7 Å². The van der Waals surface area contributed by atoms with E-state index in [4.69, 9.17) is 0 Å². The molecule has 2 aromatic carbocycles. The highest BCUT2D eigenvalue weighted by molar-refractivity contribution is 9.10. The molecule has 1 saturated heterocycles. The van der Waals surface area contributed by atoms with Crippen molar-refractivity contribution in [3.8, 4) is 0 Å². The Morgan fingerprint density at radius 2 is 1.96 bits per heavy atom. The molecule has 3 rings (SSSR count). The zero-order valence-corrected chi connectivity index (χ0v) is 17.2. The Hall–Kier alpha value is -2.12. The van der Waals surface area contributed by atoms with E-state index in [1.54, 1.807) is 12.1 Å². The van der Waals surface area contributed by atoms with Crippen molar-refractivity contribution in [2.75, 3.05) is 16.0 Å². The van der Waals surface area contributed by atoms with Crippen molar-refractivity contribution in [2.24, 2.45) is 0 Å². The third kappa shape index (κ3) is 4.99. The maximum atomic E-state index is 12.6. The summed E-state index contributed by atoms with van der Waals surface area (Å²) in [5, 5.41) is 2.39. The first-order valence-electron chi connectivity index (χ1n) is 8.54. The average molecular weight is 447 g/mol. The monoisotopic (exact) mass is 446 g/mol. The van der Waals surface area contributed by atoms with E-state index in [1.165, 1.54) is 16.7 Å². The maximum Gasteiger partial charge on any atom is 0.247 e. The predicted molar refractivity (Wildman–Crippen MR) is 112 cm³/mol. The number of anilines is 2. The Bertz CT molecular complexity index is 870. The molecule has 1 heterocycles. The van der Waals surface area contributed by atoms with Crippen molar-refractivity contribution >= 4 is 56.8 Å². The number of carbonyl (C=O) groups excluding carboxylic acids is 3. The van der Waals surface area contributed by atoms with Gasteiger partial charge in [0.25, 0.3) is 0 Å². The summed E-state index contributed by atoms with van der Waals surface area (Å²) in [6.45, 7) is 1.95. The Morgan fingerprint density at radius 3 is 2.67 bits per heavy atom. The molecule has 0 spiro atoms. The van der Waals surface area contributed by atoms with Crippen LogP contribution in [0.15, 0.2) is 53.0 Å². The number of amides is 3. The van der Waals surface area contributed by atoms with Crippen LogP contribution in [0.25, 0.3) is 0 Å². The summed E-state index contributed by atoms with van der Waals surface area (Å²) in [4.78, 5) is 38.2. The molecule has 0 aromatic heterocycles. The molecule has 0 unspecified atom stereocenters. The quantitative estimate of drug-likeness (QED) is 0.676. The Labute approximate surface area is 170 Å². The zero-order chi connectivity index (χ0) is 19.4. The van der Waals surface area contributed by atoms with Crippen LogP contribution in [0, 0.1) is 6.92 Å². The van der Waals surface area contributed by atoms with Gasteiger partial charge >= 0.3 is 0 Å². The number of halogens is 1. The van der Waals surface area contributed by atoms with Crippen molar-refractivity contribution in [2.45, 2.75) is 25.0 Å². The van der Waals surface area contributed by atoms with Crippen molar-refractivity contribution in [1.29, 1.82) is 0 Å². The standard InChI is InChI=1S/C20H19BrN2O3S/c1-13-5-7-16(8-6-13)23-19(25)12-17(20(23)26)27-10-9-18(24)22-15-4-2-3-14(21)11-15/h2-8,11,17H,9-10,12H2,1H3,(H,22,24)/t17-/m0/s1. The number of nitrogens with one attached hydrogen (secondary N) is 1. The lowest BCUT2D eigenvalue weighted by Crippen LogP contribution is -2.31. The van der Waals surface area contributed by atoms with Crippen LogP contribution in [0.5, 0.6) is 0 Å². The van der Waals surface area contributed by atoms with Crippen LogP contribution in [0.3, 0.4) is 0 Å². The molecule has 1 aliphatic heterocycles. The van der Waals surface area contributed by atoms with Crippen LogP contribution >= 0.6 is 27.7 Å². The van der Waals surface area contributed by atoms with E-state index in [0.29, 0.717) is 11.4 Å². The molecule has 0 bridgehead atoms. The highest BCUT2D eigenvalue weighted by Gasteiger charge is 2.39. The number of thioether (sulfide) groups is 1. The van der Waals surface area contributed by atoms with Gasteiger partial charge in [-0.25, -0.2) is 4.90 Å². The van der Waals surface area contributed by atoms with Gasteiger partial charge in [0.15, 0.2) is 0 Å². The molecule has 0 saturated carbocycles. The van der Waals surface area contributed by atoms with Gasteiger partial charge < -0.3 is 5.32 Å². The molecule has 1 fully saturated rings. The molecule has 5 nitrogen and oxygen atoms in total. The third-order valence-corrected chi connectivity index (χ3v) is 5.86. The number of aryl methyl sites for hydroxylation is 1. The minimum Gasteiger partial charge on any atom is -0.326 e. The average Bonchev–Trinajstić information content (AvgIpc) is 2.90. The van der Waals surface area contributed by atoms with Crippen molar-refractivity contribution in [1.82, 2.24) is 0 Å². The largest absolute Gasteiger partial charge is 0.326 e. The van der Waals surface area contributed by atoms with Gasteiger partial charge in [0.05, 0.1) is 10.9 Å². The molecular weight excluding hydrogens is 428 g/mol. The van der Waals surface area contributed by atoms with Gasteiger partial charge in [-0.3, -0.25) is 14.4 Å². The van der Waals surface area contributed by atoms with Crippen molar-refractivity contribution in [3.63, 3.8) is 0 Å². The Balaban J connectivity index is 1.51. The first-order chi connectivity index (χ1) is 12.9. The smallest absolute Gasteiger partial charge is 0.247 e. The Kier molecular flexibility index (Phi) is 6.34. The molecule has 2 aromatic rings. The second kappa shape index (κ2) is 8.71. The number of carbonyl (C=O) groups is 3. The molecule has 1 aliphatic rings. The molecule has 1 N–H and O–H groups in total. The van der Waals surface area contributed by atoms with Gasteiger partial charge in [0, 0.05) is 28.8 Å². The van der Waals surface area contributed by atoms with Crippen LogP contribution in [-0.2, 0) is 14.4 Å². The van der Waals surface area contributed by atoms with Crippen LogP contribution in [0.4, 0.5) is 11.4 Å². The number of hydrogen-bond acceptors (Lipinski definition) is 4. The van der Waals surface area contributed by atoms with E-state index in [2.05, 4.69) is 21.2 Å². The minimum absolute atomic E-state index is 0.118. The normalized spacial score (nSPS) is 16.7. The van der Waals surface area contributed by atoms with Crippen LogP contribution in [-0.4, -0.2) is 28.7 Å². The predicted octanol–water partition coefficient (Wildman–Crippen LogP) is 4.15. The van der Waals surface area contributed by atoms with Crippen molar-refractivity contribution in [3.05, 3.63) is 58.6 Å². The molecule has 27 heavy (non-hydrogen) atoms. The highest BCUT2D eigenvalue weighted by atomic mass is 79.9. The van der Waals surface area contributed by atoms with E-state index in [-0.39, 0.29) is 30.6 Å². The van der Waals surface area contributed by atoms with Crippen molar-refractivity contribution < 1.29 is 14.4 Å². The molecule has 140 valence electrons. The lowest BCUT2D eigenvalue weighted by Gasteiger charge is -2.15.